The van der Waals surface area contributed by atoms with Crippen molar-refractivity contribution in [3.05, 3.63) is 24.3 Å². The van der Waals surface area contributed by atoms with E-state index >= 15 is 0 Å². The number of fused-ring (bicyclic) bond motifs is 1. The van der Waals surface area contributed by atoms with Gasteiger partial charge < -0.3 is 9.88 Å². The highest BCUT2D eigenvalue weighted by Gasteiger charge is 2.19. The minimum Gasteiger partial charge on any atom is -0.341 e. The average molecular weight is 261 g/mol. The number of para-hydroxylation sites is 2. The van der Waals surface area contributed by atoms with E-state index in [1.54, 1.807) is 0 Å². The van der Waals surface area contributed by atoms with Crippen LogP contribution in [0.15, 0.2) is 24.3 Å². The zero-order valence-electron chi connectivity index (χ0n) is 10.7. The van der Waals surface area contributed by atoms with E-state index in [0.717, 1.165) is 35.3 Å². The van der Waals surface area contributed by atoms with Crippen LogP contribution < -0.4 is 4.90 Å². The summed E-state index contributed by atoms with van der Waals surface area (Å²) in [6, 6.07) is 8.26. The summed E-state index contributed by atoms with van der Waals surface area (Å²) >= 11 is 1.98. The summed E-state index contributed by atoms with van der Waals surface area (Å²) in [5, 5.41) is 0.737. The van der Waals surface area contributed by atoms with Gasteiger partial charge in [0.15, 0.2) is 0 Å². The third-order valence-electron chi connectivity index (χ3n) is 3.64. The number of aromatic amines is 1. The zero-order valence-corrected chi connectivity index (χ0v) is 11.5. The molecule has 3 nitrogen and oxygen atoms in total. The minimum absolute atomic E-state index is 0.737. The van der Waals surface area contributed by atoms with E-state index in [4.69, 9.17) is 4.98 Å². The Balaban J connectivity index is 1.87. The monoisotopic (exact) mass is 261 g/mol. The van der Waals surface area contributed by atoms with E-state index in [-0.39, 0.29) is 0 Å². The van der Waals surface area contributed by atoms with Crippen LogP contribution in [0.1, 0.15) is 19.3 Å². The van der Waals surface area contributed by atoms with Gasteiger partial charge >= 0.3 is 0 Å². The molecule has 0 saturated carbocycles. The molecule has 1 saturated heterocycles. The molecule has 2 heterocycles. The summed E-state index contributed by atoms with van der Waals surface area (Å²) < 4.78 is 0. The number of benzene rings is 1. The van der Waals surface area contributed by atoms with Crippen molar-refractivity contribution in [3.63, 3.8) is 0 Å². The fraction of sp³-hybridized carbons (Fsp3) is 0.500. The molecule has 1 fully saturated rings. The van der Waals surface area contributed by atoms with Crippen LogP contribution >= 0.6 is 11.8 Å². The molecule has 1 atom stereocenters. The summed E-state index contributed by atoms with van der Waals surface area (Å²) in [5.74, 6) is 1.04. The van der Waals surface area contributed by atoms with Gasteiger partial charge in [-0.15, -0.1) is 0 Å². The van der Waals surface area contributed by atoms with E-state index in [0.29, 0.717) is 0 Å². The third kappa shape index (κ3) is 2.34. The van der Waals surface area contributed by atoms with Gasteiger partial charge in [-0.2, -0.15) is 11.8 Å². The van der Waals surface area contributed by atoms with Crippen molar-refractivity contribution >= 4 is 28.7 Å². The Morgan fingerprint density at radius 3 is 3.06 bits per heavy atom. The fourth-order valence-electron chi connectivity index (χ4n) is 2.58. The molecule has 18 heavy (non-hydrogen) atoms. The van der Waals surface area contributed by atoms with Gasteiger partial charge in [0.05, 0.1) is 11.0 Å². The first kappa shape index (κ1) is 11.9. The Morgan fingerprint density at radius 1 is 1.33 bits per heavy atom. The molecule has 0 aliphatic carbocycles. The highest BCUT2D eigenvalue weighted by molar-refractivity contribution is 7.99. The van der Waals surface area contributed by atoms with Crippen LogP contribution in [0, 0.1) is 0 Å². The predicted octanol–water partition coefficient (Wildman–Crippen LogP) is 3.28. The number of thioether (sulfide) groups is 1. The topological polar surface area (TPSA) is 31.9 Å². The highest BCUT2D eigenvalue weighted by Crippen LogP contribution is 2.24. The molecule has 1 aliphatic heterocycles. The van der Waals surface area contributed by atoms with Crippen LogP contribution in [0.5, 0.6) is 0 Å². The molecule has 1 N–H and O–H groups in total. The molecule has 1 aromatic carbocycles. The van der Waals surface area contributed by atoms with Crippen LogP contribution in [0.4, 0.5) is 5.95 Å². The quantitative estimate of drug-likeness (QED) is 0.900. The molecule has 1 unspecified atom stereocenters. The molecule has 1 aliphatic rings. The number of nitrogens with one attached hydrogen (secondary N) is 1. The lowest BCUT2D eigenvalue weighted by Crippen LogP contribution is -2.30. The number of imidazole rings is 1. The van der Waals surface area contributed by atoms with Gasteiger partial charge in [-0.25, -0.2) is 4.98 Å². The maximum absolute atomic E-state index is 4.71. The van der Waals surface area contributed by atoms with Crippen LogP contribution in [0.3, 0.4) is 0 Å². The van der Waals surface area contributed by atoms with Crippen molar-refractivity contribution in [1.29, 1.82) is 0 Å². The predicted molar refractivity (Wildman–Crippen MR) is 79.5 cm³/mol. The second-order valence-corrected chi connectivity index (χ2v) is 6.02. The molecule has 1 aromatic heterocycles. The van der Waals surface area contributed by atoms with Gasteiger partial charge in [-0.1, -0.05) is 18.6 Å². The Hall–Kier alpha value is -1.16. The molecule has 2 aromatic rings. The van der Waals surface area contributed by atoms with Crippen LogP contribution in [0.2, 0.25) is 0 Å². The number of hydrogen-bond acceptors (Lipinski definition) is 3. The van der Waals surface area contributed by atoms with Gasteiger partial charge in [0.1, 0.15) is 0 Å². The molecule has 0 bridgehead atoms. The SMILES string of the molecule is CSC1CCCCN(c2nc3ccccc3[nH]2)C1. The lowest BCUT2D eigenvalue weighted by Gasteiger charge is -2.22. The molecular weight excluding hydrogens is 242 g/mol. The van der Waals surface area contributed by atoms with Gasteiger partial charge in [-0.3, -0.25) is 0 Å². The number of rotatable bonds is 2. The molecule has 0 radical (unpaired) electrons. The van der Waals surface area contributed by atoms with Crippen LogP contribution in [0.25, 0.3) is 11.0 Å². The van der Waals surface area contributed by atoms with Crippen LogP contribution in [-0.2, 0) is 0 Å². The Labute approximate surface area is 112 Å². The molecule has 0 amide bonds. The molecule has 3 rings (SSSR count). The normalized spacial score (nSPS) is 21.2. The maximum Gasteiger partial charge on any atom is 0.203 e. The summed E-state index contributed by atoms with van der Waals surface area (Å²) in [6.45, 7) is 2.23. The fourth-order valence-corrected chi connectivity index (χ4v) is 3.31. The van der Waals surface area contributed by atoms with Crippen molar-refractivity contribution < 1.29 is 0 Å². The zero-order chi connectivity index (χ0) is 12.4. The first-order chi connectivity index (χ1) is 8.86. The second-order valence-electron chi connectivity index (χ2n) is 4.88. The number of hydrogen-bond donors (Lipinski definition) is 1. The van der Waals surface area contributed by atoms with E-state index in [1.807, 2.05) is 17.8 Å². The summed E-state index contributed by atoms with van der Waals surface area (Å²) in [5.41, 5.74) is 2.20. The van der Waals surface area contributed by atoms with E-state index in [2.05, 4.69) is 34.3 Å². The summed E-state index contributed by atoms with van der Waals surface area (Å²) in [6.07, 6.45) is 6.15. The van der Waals surface area contributed by atoms with Crippen molar-refractivity contribution in [1.82, 2.24) is 9.97 Å². The first-order valence-corrected chi connectivity index (χ1v) is 7.88. The van der Waals surface area contributed by atoms with Gasteiger partial charge in [0, 0.05) is 18.3 Å². The standard InChI is InChI=1S/C14H19N3S/c1-18-11-6-4-5-9-17(10-11)14-15-12-7-2-3-8-13(12)16-14/h2-3,7-8,11H,4-6,9-10H2,1H3,(H,15,16). The Bertz CT molecular complexity index is 489. The maximum atomic E-state index is 4.71. The lowest BCUT2D eigenvalue weighted by molar-refractivity contribution is 0.736. The number of nitrogens with zero attached hydrogens (tertiary/aromatic N) is 2. The smallest absolute Gasteiger partial charge is 0.203 e. The third-order valence-corrected chi connectivity index (χ3v) is 4.69. The van der Waals surface area contributed by atoms with E-state index < -0.39 is 0 Å². The Kier molecular flexibility index (Phi) is 3.46. The van der Waals surface area contributed by atoms with Crippen molar-refractivity contribution in [2.24, 2.45) is 0 Å². The Morgan fingerprint density at radius 2 is 2.22 bits per heavy atom. The van der Waals surface area contributed by atoms with Gasteiger partial charge in [0.25, 0.3) is 0 Å². The van der Waals surface area contributed by atoms with Gasteiger partial charge in [0.2, 0.25) is 5.95 Å². The second kappa shape index (κ2) is 5.22. The van der Waals surface area contributed by atoms with Gasteiger partial charge in [-0.05, 0) is 31.2 Å². The van der Waals surface area contributed by atoms with E-state index in [1.165, 1.54) is 19.3 Å². The molecule has 0 spiro atoms. The number of H-pyrrole nitrogens is 1. The van der Waals surface area contributed by atoms with Crippen molar-refractivity contribution in [3.8, 4) is 0 Å². The summed E-state index contributed by atoms with van der Waals surface area (Å²) in [7, 11) is 0. The van der Waals surface area contributed by atoms with Crippen molar-refractivity contribution in [2.75, 3.05) is 24.2 Å². The first-order valence-electron chi connectivity index (χ1n) is 6.59. The average Bonchev–Trinajstić information content (AvgIpc) is 2.69. The van der Waals surface area contributed by atoms with Crippen LogP contribution in [-0.4, -0.2) is 34.6 Å². The number of anilines is 1. The van der Waals surface area contributed by atoms with Crippen molar-refractivity contribution in [2.45, 2.75) is 24.5 Å². The molecule has 96 valence electrons. The minimum atomic E-state index is 0.737. The summed E-state index contributed by atoms with van der Waals surface area (Å²) in [4.78, 5) is 10.6. The molecular formula is C14H19N3S. The highest BCUT2D eigenvalue weighted by atomic mass is 32.2. The largest absolute Gasteiger partial charge is 0.341 e. The van der Waals surface area contributed by atoms with E-state index in [9.17, 15) is 0 Å². The lowest BCUT2D eigenvalue weighted by atomic mass is 10.2. The molecule has 4 heteroatoms. The number of aromatic nitrogens is 2.